The Morgan fingerprint density at radius 1 is 1.06 bits per heavy atom. The maximum atomic E-state index is 12.2. The van der Waals surface area contributed by atoms with E-state index in [4.69, 9.17) is 0 Å². The molecule has 7 heteroatoms. The standard InChI is InChI=1S/C26H45NO5S/c1-17(4-9-24(29)27-14-15-33(30,31)32)21-7-8-22-20-6-5-18-16-19(28)10-12-25(18,2)23(20)11-13-26(21,22)3/h17-23,28H,4-16H2,1-3H3,(H,27,29)(H,30,31,32)/p-1/t17-,18-,19-,20?,21-,22?,23?,25+,26-/m1/s1. The summed E-state index contributed by atoms with van der Waals surface area (Å²) in [5.74, 6) is 3.49. The molecule has 0 saturated heterocycles. The van der Waals surface area contributed by atoms with E-state index in [2.05, 4.69) is 26.1 Å². The van der Waals surface area contributed by atoms with Gasteiger partial charge in [-0.25, -0.2) is 8.42 Å². The lowest BCUT2D eigenvalue weighted by Crippen LogP contribution is -2.54. The van der Waals surface area contributed by atoms with Crippen LogP contribution in [0.5, 0.6) is 0 Å². The third-order valence-corrected chi connectivity index (χ3v) is 11.6. The van der Waals surface area contributed by atoms with Gasteiger partial charge in [0.1, 0.15) is 0 Å². The van der Waals surface area contributed by atoms with Gasteiger partial charge in [0.2, 0.25) is 5.91 Å². The van der Waals surface area contributed by atoms with Gasteiger partial charge in [0.05, 0.1) is 22.0 Å². The fourth-order valence-electron chi connectivity index (χ4n) is 9.17. The van der Waals surface area contributed by atoms with Crippen molar-refractivity contribution >= 4 is 16.0 Å². The van der Waals surface area contributed by atoms with Crippen molar-refractivity contribution in [2.24, 2.45) is 46.3 Å². The average molecular weight is 483 g/mol. The van der Waals surface area contributed by atoms with Crippen LogP contribution in [0.15, 0.2) is 0 Å². The third-order valence-electron chi connectivity index (χ3n) is 10.9. The molecule has 33 heavy (non-hydrogen) atoms. The molecule has 0 radical (unpaired) electrons. The Morgan fingerprint density at radius 2 is 1.76 bits per heavy atom. The number of carbonyl (C=O) groups is 1. The highest BCUT2D eigenvalue weighted by molar-refractivity contribution is 7.85. The molecule has 0 aliphatic heterocycles. The Morgan fingerprint density at radius 3 is 2.48 bits per heavy atom. The van der Waals surface area contributed by atoms with Crippen LogP contribution < -0.4 is 5.32 Å². The molecule has 9 atom stereocenters. The van der Waals surface area contributed by atoms with Crippen molar-refractivity contribution in [1.29, 1.82) is 0 Å². The second kappa shape index (κ2) is 9.42. The van der Waals surface area contributed by atoms with Crippen LogP contribution in [0.25, 0.3) is 0 Å². The topological polar surface area (TPSA) is 107 Å². The zero-order valence-corrected chi connectivity index (χ0v) is 21.5. The lowest BCUT2D eigenvalue weighted by molar-refractivity contribution is -0.129. The molecule has 2 N–H and O–H groups in total. The summed E-state index contributed by atoms with van der Waals surface area (Å²) in [6, 6.07) is 0. The number of nitrogens with one attached hydrogen (secondary N) is 1. The number of carbonyl (C=O) groups excluding carboxylic acids is 1. The molecule has 4 rings (SSSR count). The number of hydrogen-bond acceptors (Lipinski definition) is 5. The first-order valence-electron chi connectivity index (χ1n) is 13.3. The Balaban J connectivity index is 1.35. The second-order valence-corrected chi connectivity index (χ2v) is 14.0. The van der Waals surface area contributed by atoms with E-state index in [0.717, 1.165) is 37.0 Å². The number of amides is 1. The molecule has 4 aliphatic rings. The van der Waals surface area contributed by atoms with Gasteiger partial charge in [0, 0.05) is 13.0 Å². The number of fused-ring (bicyclic) bond motifs is 5. The van der Waals surface area contributed by atoms with Crippen LogP contribution in [0.4, 0.5) is 0 Å². The fraction of sp³-hybridized carbons (Fsp3) is 0.962. The van der Waals surface area contributed by atoms with Crippen LogP contribution in [0.1, 0.15) is 91.4 Å². The molecule has 190 valence electrons. The minimum absolute atomic E-state index is 0.0906. The zero-order chi connectivity index (χ0) is 24.0. The first-order chi connectivity index (χ1) is 15.4. The van der Waals surface area contributed by atoms with Crippen LogP contribution in [0, 0.1) is 46.3 Å². The highest BCUT2D eigenvalue weighted by Crippen LogP contribution is 2.68. The molecule has 0 aromatic rings. The first kappa shape index (κ1) is 25.4. The van der Waals surface area contributed by atoms with Crippen molar-refractivity contribution in [3.63, 3.8) is 0 Å². The van der Waals surface area contributed by atoms with E-state index in [9.17, 15) is 22.9 Å². The predicted molar refractivity (Wildman–Crippen MR) is 127 cm³/mol. The molecule has 0 heterocycles. The van der Waals surface area contributed by atoms with Crippen molar-refractivity contribution in [1.82, 2.24) is 5.32 Å². The molecule has 4 saturated carbocycles. The lowest BCUT2D eigenvalue weighted by atomic mass is 9.44. The Kier molecular flexibility index (Phi) is 7.26. The average Bonchev–Trinajstić information content (AvgIpc) is 3.09. The molecular formula is C26H44NO5S-. The van der Waals surface area contributed by atoms with Crippen molar-refractivity contribution in [3.8, 4) is 0 Å². The molecule has 0 aromatic heterocycles. The van der Waals surface area contributed by atoms with E-state index in [1.165, 1.54) is 44.9 Å². The van der Waals surface area contributed by atoms with Gasteiger partial charge in [0.25, 0.3) is 0 Å². The van der Waals surface area contributed by atoms with Gasteiger partial charge < -0.3 is 15.0 Å². The summed E-state index contributed by atoms with van der Waals surface area (Å²) < 4.78 is 32.1. The van der Waals surface area contributed by atoms with E-state index in [1.807, 2.05) is 0 Å². The first-order valence-corrected chi connectivity index (χ1v) is 14.9. The quantitative estimate of drug-likeness (QED) is 0.532. The van der Waals surface area contributed by atoms with E-state index in [1.54, 1.807) is 0 Å². The van der Waals surface area contributed by atoms with Gasteiger partial charge in [0.15, 0.2) is 0 Å². The number of hydrogen-bond donors (Lipinski definition) is 2. The van der Waals surface area contributed by atoms with Crippen LogP contribution in [0.2, 0.25) is 0 Å². The van der Waals surface area contributed by atoms with E-state index < -0.39 is 15.9 Å². The number of aliphatic hydroxyl groups excluding tert-OH is 1. The van der Waals surface area contributed by atoms with Crippen molar-refractivity contribution in [3.05, 3.63) is 0 Å². The SMILES string of the molecule is C[C@H](CCC(=O)NCCS(=O)(=O)[O-])[C@H]1CCC2C3CC[C@@H]4C[C@H](O)CC[C@]4(C)C3CC[C@@]21C. The number of aliphatic hydroxyl groups is 1. The molecule has 6 nitrogen and oxygen atoms in total. The number of rotatable bonds is 7. The van der Waals surface area contributed by atoms with Crippen molar-refractivity contribution in [2.75, 3.05) is 12.3 Å². The van der Waals surface area contributed by atoms with Crippen molar-refractivity contribution < 1.29 is 22.9 Å². The molecule has 4 aliphatic carbocycles. The normalized spacial score (nSPS) is 43.8. The lowest BCUT2D eigenvalue weighted by Gasteiger charge is -2.61. The predicted octanol–water partition coefficient (Wildman–Crippen LogP) is 4.08. The van der Waals surface area contributed by atoms with E-state index >= 15 is 0 Å². The zero-order valence-electron chi connectivity index (χ0n) is 20.7. The van der Waals surface area contributed by atoms with Gasteiger partial charge in [-0.2, -0.15) is 0 Å². The van der Waals surface area contributed by atoms with Crippen LogP contribution in [-0.4, -0.2) is 42.4 Å². The fourth-order valence-corrected chi connectivity index (χ4v) is 9.53. The summed E-state index contributed by atoms with van der Waals surface area (Å²) in [6.45, 7) is 7.26. The van der Waals surface area contributed by atoms with E-state index in [-0.39, 0.29) is 18.6 Å². The van der Waals surface area contributed by atoms with Crippen LogP contribution in [-0.2, 0) is 14.9 Å². The minimum Gasteiger partial charge on any atom is -0.748 e. The smallest absolute Gasteiger partial charge is 0.220 e. The maximum Gasteiger partial charge on any atom is 0.220 e. The summed E-state index contributed by atoms with van der Waals surface area (Å²) in [4.78, 5) is 12.2. The Hall–Kier alpha value is -0.660. The summed E-state index contributed by atoms with van der Waals surface area (Å²) >= 11 is 0. The molecule has 1 amide bonds. The Bertz CT molecular complexity index is 831. The molecule has 0 aromatic carbocycles. The third kappa shape index (κ3) is 5.02. The molecular weight excluding hydrogens is 438 g/mol. The monoisotopic (exact) mass is 482 g/mol. The summed E-state index contributed by atoms with van der Waals surface area (Å²) in [7, 11) is -4.29. The highest BCUT2D eigenvalue weighted by Gasteiger charge is 2.60. The van der Waals surface area contributed by atoms with Gasteiger partial charge in [-0.05, 0) is 111 Å². The van der Waals surface area contributed by atoms with Gasteiger partial charge >= 0.3 is 0 Å². The molecule has 0 spiro atoms. The van der Waals surface area contributed by atoms with Gasteiger partial charge in [-0.1, -0.05) is 20.8 Å². The summed E-state index contributed by atoms with van der Waals surface area (Å²) in [5, 5.41) is 12.8. The van der Waals surface area contributed by atoms with E-state index in [0.29, 0.717) is 35.0 Å². The molecule has 3 unspecified atom stereocenters. The molecule has 4 fully saturated rings. The molecule has 0 bridgehead atoms. The van der Waals surface area contributed by atoms with Gasteiger partial charge in [-0.15, -0.1) is 0 Å². The minimum atomic E-state index is -4.29. The second-order valence-electron chi connectivity index (χ2n) is 12.4. The highest BCUT2D eigenvalue weighted by atomic mass is 32.2. The maximum absolute atomic E-state index is 12.2. The largest absolute Gasteiger partial charge is 0.748 e. The Labute approximate surface area is 200 Å². The van der Waals surface area contributed by atoms with Crippen LogP contribution >= 0.6 is 0 Å². The van der Waals surface area contributed by atoms with Gasteiger partial charge in [-0.3, -0.25) is 4.79 Å². The van der Waals surface area contributed by atoms with Crippen LogP contribution in [0.3, 0.4) is 0 Å². The van der Waals surface area contributed by atoms with Crippen molar-refractivity contribution in [2.45, 2.75) is 97.5 Å². The summed E-state index contributed by atoms with van der Waals surface area (Å²) in [6.07, 6.45) is 12.0. The summed E-state index contributed by atoms with van der Waals surface area (Å²) in [5.41, 5.74) is 0.758.